The summed E-state index contributed by atoms with van der Waals surface area (Å²) in [4.78, 5) is 0. The van der Waals surface area contributed by atoms with Crippen LogP contribution >= 0.6 is 15.9 Å². The van der Waals surface area contributed by atoms with Crippen molar-refractivity contribution in [2.24, 2.45) is 5.41 Å². The Hall–Kier alpha value is -0.560. The third-order valence-electron chi connectivity index (χ3n) is 3.21. The molecule has 2 rings (SSSR count). The van der Waals surface area contributed by atoms with Crippen molar-refractivity contribution in [1.82, 2.24) is 9.78 Å². The number of nitrogen functional groups attached to an aromatic ring is 1. The number of aromatic nitrogens is 2. The number of nitrogens with zero attached hydrogens (tertiary/aromatic N) is 2. The molecule has 7 heteroatoms. The maximum Gasteiger partial charge on any atom is 0.152 e. The highest BCUT2D eigenvalue weighted by Crippen LogP contribution is 2.34. The van der Waals surface area contributed by atoms with Crippen molar-refractivity contribution in [3.63, 3.8) is 0 Å². The Kier molecular flexibility index (Phi) is 3.72. The van der Waals surface area contributed by atoms with E-state index in [9.17, 15) is 8.42 Å². The number of nitrogens with two attached hydrogens (primary N) is 1. The van der Waals surface area contributed by atoms with E-state index in [4.69, 9.17) is 5.73 Å². The molecule has 108 valence electrons. The SMILES string of the molecule is CC(C)(C)Cc1nn(C2CCS(=O)(=O)C2)c(N)c1Br. The van der Waals surface area contributed by atoms with Crippen molar-refractivity contribution in [3.05, 3.63) is 10.2 Å². The first-order valence-electron chi connectivity index (χ1n) is 6.32. The van der Waals surface area contributed by atoms with Gasteiger partial charge in [-0.05, 0) is 34.2 Å². The van der Waals surface area contributed by atoms with Crippen LogP contribution in [0, 0.1) is 5.41 Å². The average Bonchev–Trinajstić information content (AvgIpc) is 2.71. The van der Waals surface area contributed by atoms with Gasteiger partial charge in [0.25, 0.3) is 0 Å². The molecule has 1 unspecified atom stereocenters. The van der Waals surface area contributed by atoms with E-state index in [1.54, 1.807) is 4.68 Å². The van der Waals surface area contributed by atoms with Gasteiger partial charge in [-0.15, -0.1) is 0 Å². The van der Waals surface area contributed by atoms with Crippen LogP contribution in [0.3, 0.4) is 0 Å². The van der Waals surface area contributed by atoms with Gasteiger partial charge >= 0.3 is 0 Å². The maximum atomic E-state index is 11.6. The number of halogens is 1. The normalized spacial score (nSPS) is 22.8. The molecule has 1 fully saturated rings. The van der Waals surface area contributed by atoms with Gasteiger partial charge < -0.3 is 5.73 Å². The zero-order valence-corrected chi connectivity index (χ0v) is 13.9. The zero-order valence-electron chi connectivity index (χ0n) is 11.5. The molecular formula is C12H20BrN3O2S. The van der Waals surface area contributed by atoms with Crippen LogP contribution in [0.25, 0.3) is 0 Å². The first-order chi connectivity index (χ1) is 8.59. The summed E-state index contributed by atoms with van der Waals surface area (Å²) in [5.41, 5.74) is 7.05. The lowest BCUT2D eigenvalue weighted by Gasteiger charge is -2.16. The van der Waals surface area contributed by atoms with E-state index in [1.807, 2.05) is 0 Å². The number of rotatable bonds is 2. The highest BCUT2D eigenvalue weighted by Gasteiger charge is 2.32. The molecule has 0 amide bonds. The summed E-state index contributed by atoms with van der Waals surface area (Å²) in [5, 5.41) is 4.52. The van der Waals surface area contributed by atoms with E-state index in [-0.39, 0.29) is 23.0 Å². The van der Waals surface area contributed by atoms with Crippen LogP contribution < -0.4 is 5.73 Å². The largest absolute Gasteiger partial charge is 0.383 e. The second-order valence-electron chi connectivity index (χ2n) is 6.38. The van der Waals surface area contributed by atoms with E-state index in [0.717, 1.165) is 16.6 Å². The van der Waals surface area contributed by atoms with E-state index >= 15 is 0 Å². The average molecular weight is 350 g/mol. The summed E-state index contributed by atoms with van der Waals surface area (Å²) in [6.07, 6.45) is 1.39. The van der Waals surface area contributed by atoms with Gasteiger partial charge in [-0.2, -0.15) is 5.10 Å². The summed E-state index contributed by atoms with van der Waals surface area (Å²) >= 11 is 3.47. The lowest BCUT2D eigenvalue weighted by molar-refractivity contribution is 0.399. The lowest BCUT2D eigenvalue weighted by Crippen LogP contribution is -2.15. The lowest BCUT2D eigenvalue weighted by atomic mass is 9.91. The van der Waals surface area contributed by atoms with Crippen LogP contribution in [-0.2, 0) is 16.3 Å². The maximum absolute atomic E-state index is 11.6. The molecule has 1 aliphatic rings. The molecule has 0 aliphatic carbocycles. The molecule has 2 heterocycles. The van der Waals surface area contributed by atoms with E-state index in [2.05, 4.69) is 41.8 Å². The fourth-order valence-corrected chi connectivity index (χ4v) is 4.43. The molecule has 1 aromatic heterocycles. The predicted molar refractivity (Wildman–Crippen MR) is 79.8 cm³/mol. The van der Waals surface area contributed by atoms with E-state index in [0.29, 0.717) is 12.2 Å². The molecule has 1 atom stereocenters. The fraction of sp³-hybridized carbons (Fsp3) is 0.750. The Morgan fingerprint density at radius 3 is 2.58 bits per heavy atom. The minimum Gasteiger partial charge on any atom is -0.383 e. The second-order valence-corrected chi connectivity index (χ2v) is 9.41. The van der Waals surface area contributed by atoms with Gasteiger partial charge in [-0.3, -0.25) is 0 Å². The highest BCUT2D eigenvalue weighted by molar-refractivity contribution is 9.10. The monoisotopic (exact) mass is 349 g/mol. The first kappa shape index (κ1) is 14.8. The fourth-order valence-electron chi connectivity index (χ4n) is 2.34. The van der Waals surface area contributed by atoms with Crippen molar-refractivity contribution in [2.45, 2.75) is 39.7 Å². The molecule has 1 saturated heterocycles. The molecule has 2 N–H and O–H groups in total. The van der Waals surface area contributed by atoms with Crippen LogP contribution in [0.5, 0.6) is 0 Å². The quantitative estimate of drug-likeness (QED) is 0.887. The number of hydrogen-bond donors (Lipinski definition) is 1. The summed E-state index contributed by atoms with van der Waals surface area (Å²) < 4.78 is 25.6. The molecule has 5 nitrogen and oxygen atoms in total. The van der Waals surface area contributed by atoms with Gasteiger partial charge in [0.2, 0.25) is 0 Å². The van der Waals surface area contributed by atoms with Crippen molar-refractivity contribution in [3.8, 4) is 0 Å². The van der Waals surface area contributed by atoms with Crippen molar-refractivity contribution >= 4 is 31.6 Å². The van der Waals surface area contributed by atoms with E-state index < -0.39 is 9.84 Å². The molecule has 0 bridgehead atoms. The minimum absolute atomic E-state index is 0.107. The molecule has 1 aromatic rings. The zero-order chi connectivity index (χ0) is 14.4. The Morgan fingerprint density at radius 1 is 1.47 bits per heavy atom. The van der Waals surface area contributed by atoms with Crippen molar-refractivity contribution in [1.29, 1.82) is 0 Å². The summed E-state index contributed by atoms with van der Waals surface area (Å²) in [6.45, 7) is 6.40. The van der Waals surface area contributed by atoms with E-state index in [1.165, 1.54) is 0 Å². The number of sulfone groups is 1. The standard InChI is InChI=1S/C12H20BrN3O2S/c1-12(2,3)6-9-10(13)11(14)16(15-9)8-4-5-19(17,18)7-8/h8H,4-7,14H2,1-3H3. The number of anilines is 1. The predicted octanol–water partition coefficient (Wildman–Crippen LogP) is 2.18. The third-order valence-corrected chi connectivity index (χ3v) is 5.82. The first-order valence-corrected chi connectivity index (χ1v) is 8.93. The van der Waals surface area contributed by atoms with Gasteiger partial charge in [0.15, 0.2) is 9.84 Å². The van der Waals surface area contributed by atoms with Crippen LogP contribution in [0.15, 0.2) is 4.47 Å². The summed E-state index contributed by atoms with van der Waals surface area (Å²) in [6, 6.07) is -0.130. The Balaban J connectivity index is 2.31. The Bertz CT molecular complexity index is 587. The van der Waals surface area contributed by atoms with Gasteiger partial charge in [-0.1, -0.05) is 20.8 Å². The Morgan fingerprint density at radius 2 is 2.11 bits per heavy atom. The second kappa shape index (κ2) is 4.77. The van der Waals surface area contributed by atoms with Crippen LogP contribution in [0.2, 0.25) is 0 Å². The van der Waals surface area contributed by atoms with Gasteiger partial charge in [0.05, 0.1) is 27.7 Å². The van der Waals surface area contributed by atoms with Crippen LogP contribution in [0.1, 0.15) is 38.9 Å². The molecule has 1 aliphatic heterocycles. The third kappa shape index (κ3) is 3.31. The smallest absolute Gasteiger partial charge is 0.152 e. The van der Waals surface area contributed by atoms with Gasteiger partial charge in [-0.25, -0.2) is 13.1 Å². The summed E-state index contributed by atoms with van der Waals surface area (Å²) in [5.74, 6) is 0.894. The highest BCUT2D eigenvalue weighted by atomic mass is 79.9. The van der Waals surface area contributed by atoms with Crippen molar-refractivity contribution in [2.75, 3.05) is 17.2 Å². The van der Waals surface area contributed by atoms with Gasteiger partial charge in [0.1, 0.15) is 5.82 Å². The molecule has 0 spiro atoms. The summed E-state index contributed by atoms with van der Waals surface area (Å²) in [7, 11) is -2.93. The van der Waals surface area contributed by atoms with Gasteiger partial charge in [0, 0.05) is 0 Å². The van der Waals surface area contributed by atoms with Crippen LogP contribution in [0.4, 0.5) is 5.82 Å². The molecule has 0 radical (unpaired) electrons. The molecular weight excluding hydrogens is 330 g/mol. The number of hydrogen-bond acceptors (Lipinski definition) is 4. The minimum atomic E-state index is -2.93. The Labute approximate surface area is 122 Å². The topological polar surface area (TPSA) is 78.0 Å². The van der Waals surface area contributed by atoms with Crippen LogP contribution in [-0.4, -0.2) is 29.7 Å². The molecule has 19 heavy (non-hydrogen) atoms. The molecule has 0 aromatic carbocycles. The molecule has 0 saturated carbocycles. The van der Waals surface area contributed by atoms with Crippen molar-refractivity contribution < 1.29 is 8.42 Å².